The molecule has 0 amide bonds. The van der Waals surface area contributed by atoms with E-state index in [1.807, 2.05) is 0 Å². The molecule has 0 radical (unpaired) electrons. The van der Waals surface area contributed by atoms with E-state index in [0.717, 1.165) is 5.75 Å². The molecule has 0 heterocycles. The first-order valence-electron chi connectivity index (χ1n) is 8.17. The fourth-order valence-corrected chi connectivity index (χ4v) is 3.38. The van der Waals surface area contributed by atoms with Crippen LogP contribution in [-0.4, -0.2) is 7.11 Å². The summed E-state index contributed by atoms with van der Waals surface area (Å²) in [6, 6.07) is 15.4. The Kier molecular flexibility index (Phi) is 5.28. The van der Waals surface area contributed by atoms with Gasteiger partial charge in [-0.05, 0) is 34.6 Å². The summed E-state index contributed by atoms with van der Waals surface area (Å²) in [6.45, 7) is 11.1. The molecule has 0 N–H and O–H groups in total. The Balaban J connectivity index is 0.00000208. The van der Waals surface area contributed by atoms with Crippen molar-refractivity contribution in [2.24, 2.45) is 0 Å². The molecule has 0 fully saturated rings. The molecule has 0 aliphatic rings. The van der Waals surface area contributed by atoms with Gasteiger partial charge in [0.1, 0.15) is 5.75 Å². The Bertz CT molecular complexity index is 866. The van der Waals surface area contributed by atoms with E-state index in [0.29, 0.717) is 0 Å². The summed E-state index contributed by atoms with van der Waals surface area (Å²) < 4.78 is 5.93. The Hall–Kier alpha value is -1.55. The van der Waals surface area contributed by atoms with Crippen molar-refractivity contribution in [1.29, 1.82) is 0 Å². The zero-order chi connectivity index (χ0) is 16.8. The third kappa shape index (κ3) is 3.16. The molecule has 3 aromatic rings. The average molecular weight is 312 g/mol. The van der Waals surface area contributed by atoms with E-state index >= 15 is 0 Å². The normalized spacial score (nSPS) is 11.4. The van der Waals surface area contributed by atoms with Gasteiger partial charge in [-0.1, -0.05) is 52.0 Å². The first-order valence-corrected chi connectivity index (χ1v) is 8.17. The number of benzene rings is 2. The number of methoxy groups -OCH3 is 1. The van der Waals surface area contributed by atoms with E-state index < -0.39 is 0 Å². The van der Waals surface area contributed by atoms with Gasteiger partial charge in [0.25, 0.3) is 0 Å². The quantitative estimate of drug-likeness (QED) is 0.522. The summed E-state index contributed by atoms with van der Waals surface area (Å²) in [5.41, 5.74) is 6.34. The van der Waals surface area contributed by atoms with Crippen molar-refractivity contribution < 1.29 is 23.6 Å². The van der Waals surface area contributed by atoms with Gasteiger partial charge in [-0.25, -0.2) is 0 Å². The van der Waals surface area contributed by atoms with E-state index in [1.165, 1.54) is 38.6 Å². The molecule has 1 nitrogen and oxygen atoms in total. The van der Waals surface area contributed by atoms with E-state index in [4.69, 9.17) is 4.74 Å². The molecule has 3 rings (SSSR count). The largest absolute Gasteiger partial charge is 1.00 e. The Morgan fingerprint density at radius 1 is 1.00 bits per heavy atom. The van der Waals surface area contributed by atoms with Crippen molar-refractivity contribution in [2.45, 2.75) is 40.0 Å². The zero-order valence-electron chi connectivity index (χ0n) is 15.9. The van der Waals surface area contributed by atoms with E-state index in [-0.39, 0.29) is 24.3 Å². The standard InChI is InChI=1S/C22H25O.Li/c1-14-11-16-13-19(22(3,4)5)21(23-6)20(18(16)12-14)17-10-8-7-9-15(17)2;/h7-13H,1-6H3;/q-1;+1. The van der Waals surface area contributed by atoms with Gasteiger partial charge < -0.3 is 4.74 Å². The van der Waals surface area contributed by atoms with Crippen LogP contribution in [0.1, 0.15) is 37.5 Å². The van der Waals surface area contributed by atoms with Gasteiger partial charge in [0.05, 0.1) is 7.11 Å². The summed E-state index contributed by atoms with van der Waals surface area (Å²) in [7, 11) is 1.79. The fourth-order valence-electron chi connectivity index (χ4n) is 3.38. The van der Waals surface area contributed by atoms with Gasteiger partial charge >= 0.3 is 18.9 Å². The van der Waals surface area contributed by atoms with Crippen molar-refractivity contribution in [3.8, 4) is 16.9 Å². The van der Waals surface area contributed by atoms with Gasteiger partial charge in [0, 0.05) is 0 Å². The summed E-state index contributed by atoms with van der Waals surface area (Å²) in [4.78, 5) is 0. The molecular formula is C22H25LiO. The maximum Gasteiger partial charge on any atom is 1.00 e. The van der Waals surface area contributed by atoms with Crippen molar-refractivity contribution in [3.05, 3.63) is 59.2 Å². The summed E-state index contributed by atoms with van der Waals surface area (Å²) in [5, 5.41) is 2.58. The molecule has 0 saturated heterocycles. The fraction of sp³-hybridized carbons (Fsp3) is 0.318. The van der Waals surface area contributed by atoms with Gasteiger partial charge in [0.2, 0.25) is 0 Å². The second-order valence-corrected chi connectivity index (χ2v) is 7.43. The summed E-state index contributed by atoms with van der Waals surface area (Å²) in [5.74, 6) is 1.00. The van der Waals surface area contributed by atoms with E-state index in [1.54, 1.807) is 7.11 Å². The van der Waals surface area contributed by atoms with Crippen LogP contribution in [0.5, 0.6) is 5.75 Å². The molecule has 2 heteroatoms. The smallest absolute Gasteiger partial charge is 0.498 e. The molecular weight excluding hydrogens is 287 g/mol. The number of ether oxygens (including phenoxy) is 1. The Labute approximate surface area is 157 Å². The summed E-state index contributed by atoms with van der Waals surface area (Å²) in [6.07, 6.45) is 0. The summed E-state index contributed by atoms with van der Waals surface area (Å²) >= 11 is 0. The first-order chi connectivity index (χ1) is 10.8. The topological polar surface area (TPSA) is 9.23 Å². The second kappa shape index (κ2) is 6.75. The van der Waals surface area contributed by atoms with Gasteiger partial charge in [-0.15, -0.1) is 28.5 Å². The molecule has 0 saturated carbocycles. The molecule has 24 heavy (non-hydrogen) atoms. The molecule has 0 bridgehead atoms. The minimum Gasteiger partial charge on any atom is -0.498 e. The predicted molar refractivity (Wildman–Crippen MR) is 99.7 cm³/mol. The average Bonchev–Trinajstić information content (AvgIpc) is 2.85. The molecule has 0 aliphatic carbocycles. The van der Waals surface area contributed by atoms with Crippen molar-refractivity contribution in [2.75, 3.05) is 7.11 Å². The minimum absolute atomic E-state index is 0. The van der Waals surface area contributed by atoms with Crippen LogP contribution in [0.4, 0.5) is 0 Å². The van der Waals surface area contributed by atoms with Crippen molar-refractivity contribution in [3.63, 3.8) is 0 Å². The number of rotatable bonds is 2. The van der Waals surface area contributed by atoms with Crippen LogP contribution in [0.2, 0.25) is 0 Å². The number of fused-ring (bicyclic) bond motifs is 1. The molecule has 3 aromatic carbocycles. The molecule has 0 spiro atoms. The maximum absolute atomic E-state index is 5.93. The number of hydrogen-bond donors (Lipinski definition) is 0. The van der Waals surface area contributed by atoms with Crippen molar-refractivity contribution >= 4 is 10.8 Å². The van der Waals surface area contributed by atoms with Crippen LogP contribution in [0.15, 0.2) is 42.5 Å². The molecule has 120 valence electrons. The second-order valence-electron chi connectivity index (χ2n) is 7.43. The predicted octanol–water partition coefficient (Wildman–Crippen LogP) is 3.15. The van der Waals surface area contributed by atoms with Crippen LogP contribution >= 0.6 is 0 Å². The Morgan fingerprint density at radius 3 is 2.25 bits per heavy atom. The molecule has 0 unspecified atom stereocenters. The van der Waals surface area contributed by atoms with E-state index in [9.17, 15) is 0 Å². The zero-order valence-corrected chi connectivity index (χ0v) is 15.9. The monoisotopic (exact) mass is 312 g/mol. The van der Waals surface area contributed by atoms with Gasteiger partial charge in [-0.2, -0.15) is 6.07 Å². The van der Waals surface area contributed by atoms with Crippen LogP contribution in [-0.2, 0) is 5.41 Å². The van der Waals surface area contributed by atoms with Crippen LogP contribution in [0.3, 0.4) is 0 Å². The van der Waals surface area contributed by atoms with Gasteiger partial charge in [0.15, 0.2) is 0 Å². The molecule has 0 atom stereocenters. The van der Waals surface area contributed by atoms with Crippen LogP contribution in [0, 0.1) is 13.8 Å². The van der Waals surface area contributed by atoms with Crippen molar-refractivity contribution in [1.82, 2.24) is 0 Å². The SMILES string of the molecule is COc1c(C(C)(C)C)cc2[cH-]c(C)cc2c1-c1ccccc1C.[Li+]. The number of hydrogen-bond acceptors (Lipinski definition) is 1. The van der Waals surface area contributed by atoms with E-state index in [2.05, 4.69) is 77.1 Å². The van der Waals surface area contributed by atoms with Crippen LogP contribution in [0.25, 0.3) is 21.9 Å². The van der Waals surface area contributed by atoms with Gasteiger partial charge in [-0.3, -0.25) is 0 Å². The first kappa shape index (κ1) is 18.8. The molecule has 0 aliphatic heterocycles. The molecule has 0 aromatic heterocycles. The third-order valence-electron chi connectivity index (χ3n) is 4.53. The maximum atomic E-state index is 5.93. The third-order valence-corrected chi connectivity index (χ3v) is 4.53. The Morgan fingerprint density at radius 2 is 1.67 bits per heavy atom. The minimum atomic E-state index is 0. The number of aryl methyl sites for hydroxylation is 2. The van der Waals surface area contributed by atoms with Crippen LogP contribution < -0.4 is 23.6 Å².